The summed E-state index contributed by atoms with van der Waals surface area (Å²) in [6, 6.07) is 7.53. The number of hydrogen-bond acceptors (Lipinski definition) is 2. The van der Waals surface area contributed by atoms with Crippen LogP contribution in [-0.2, 0) is 16.1 Å². The summed E-state index contributed by atoms with van der Waals surface area (Å²) < 4.78 is 0. The van der Waals surface area contributed by atoms with Gasteiger partial charge in [0.1, 0.15) is 0 Å². The molecule has 0 saturated heterocycles. The highest BCUT2D eigenvalue weighted by Crippen LogP contribution is 2.40. The molecule has 1 N–H and O–H groups in total. The molecule has 1 aromatic carbocycles. The molecular formula is C15H17NO3. The second-order valence-corrected chi connectivity index (χ2v) is 5.63. The Morgan fingerprint density at radius 2 is 2.00 bits per heavy atom. The van der Waals surface area contributed by atoms with Gasteiger partial charge >= 0.3 is 5.97 Å². The largest absolute Gasteiger partial charge is 0.481 e. The number of carbonyl (C=O) groups excluding carboxylic acids is 1. The number of rotatable bonds is 2. The number of carbonyl (C=O) groups is 2. The quantitative estimate of drug-likeness (QED) is 0.881. The lowest BCUT2D eigenvalue weighted by Crippen LogP contribution is -2.41. The van der Waals surface area contributed by atoms with Gasteiger partial charge in [-0.05, 0) is 23.5 Å². The molecule has 2 aliphatic rings. The predicted molar refractivity (Wildman–Crippen MR) is 69.5 cm³/mol. The minimum absolute atomic E-state index is 0.111. The zero-order valence-electron chi connectivity index (χ0n) is 10.9. The molecule has 3 rings (SSSR count). The Balaban J connectivity index is 1.88. The minimum atomic E-state index is -0.853. The summed E-state index contributed by atoms with van der Waals surface area (Å²) in [5.41, 5.74) is 1.81. The molecule has 1 heterocycles. The first-order valence-corrected chi connectivity index (χ1v) is 6.67. The van der Waals surface area contributed by atoms with Crippen molar-refractivity contribution in [1.29, 1.82) is 0 Å². The van der Waals surface area contributed by atoms with E-state index in [2.05, 4.69) is 6.92 Å². The number of hydrogen-bond donors (Lipinski definition) is 1. The average molecular weight is 259 g/mol. The third kappa shape index (κ3) is 2.11. The number of amides is 1. The number of carboxylic acids is 1. The molecule has 0 spiro atoms. The molecule has 1 aliphatic heterocycles. The van der Waals surface area contributed by atoms with E-state index in [1.54, 1.807) is 4.90 Å². The highest BCUT2D eigenvalue weighted by atomic mass is 16.4. The fourth-order valence-corrected chi connectivity index (χ4v) is 2.89. The average Bonchev–Trinajstić information content (AvgIpc) is 3.13. The van der Waals surface area contributed by atoms with Crippen molar-refractivity contribution >= 4 is 11.9 Å². The van der Waals surface area contributed by atoms with Crippen molar-refractivity contribution < 1.29 is 14.7 Å². The van der Waals surface area contributed by atoms with Crippen molar-refractivity contribution in [3.05, 3.63) is 35.4 Å². The van der Waals surface area contributed by atoms with E-state index >= 15 is 0 Å². The third-order valence-corrected chi connectivity index (χ3v) is 4.23. The highest BCUT2D eigenvalue weighted by molar-refractivity contribution is 5.84. The van der Waals surface area contributed by atoms with Crippen LogP contribution in [0.4, 0.5) is 0 Å². The maximum Gasteiger partial charge on any atom is 0.312 e. The van der Waals surface area contributed by atoms with E-state index in [-0.39, 0.29) is 11.8 Å². The lowest BCUT2D eigenvalue weighted by atomic mass is 9.89. The van der Waals surface area contributed by atoms with Gasteiger partial charge in [-0.3, -0.25) is 9.59 Å². The van der Waals surface area contributed by atoms with E-state index in [1.807, 2.05) is 24.3 Å². The Kier molecular flexibility index (Phi) is 2.81. The van der Waals surface area contributed by atoms with Crippen molar-refractivity contribution in [3.63, 3.8) is 0 Å². The summed E-state index contributed by atoms with van der Waals surface area (Å²) in [5, 5.41) is 9.35. The van der Waals surface area contributed by atoms with E-state index in [0.29, 0.717) is 19.0 Å². The van der Waals surface area contributed by atoms with Gasteiger partial charge in [0.05, 0.1) is 5.92 Å². The molecule has 19 heavy (non-hydrogen) atoms. The summed E-state index contributed by atoms with van der Waals surface area (Å²) in [6.45, 7) is 2.91. The van der Waals surface area contributed by atoms with Crippen LogP contribution in [-0.4, -0.2) is 28.4 Å². The van der Waals surface area contributed by atoms with Gasteiger partial charge in [0, 0.05) is 19.0 Å². The van der Waals surface area contributed by atoms with Crippen LogP contribution in [0.3, 0.4) is 0 Å². The third-order valence-electron chi connectivity index (χ3n) is 4.23. The van der Waals surface area contributed by atoms with Crippen LogP contribution in [0.25, 0.3) is 0 Å². The van der Waals surface area contributed by atoms with Crippen LogP contribution in [0, 0.1) is 11.8 Å². The predicted octanol–water partition coefficient (Wildman–Crippen LogP) is 1.85. The van der Waals surface area contributed by atoms with E-state index in [1.165, 1.54) is 0 Å². The standard InChI is InChI=1S/C15H17NO3/c1-9-6-12(9)14(17)16-7-10-4-2-3-5-11(10)13(8-16)15(18)19/h2-5,9,12-13H,6-8H2,1H3,(H,18,19). The maximum absolute atomic E-state index is 12.3. The first-order valence-electron chi connectivity index (χ1n) is 6.67. The molecule has 1 fully saturated rings. The molecule has 3 unspecified atom stereocenters. The van der Waals surface area contributed by atoms with Gasteiger partial charge in [-0.1, -0.05) is 31.2 Å². The summed E-state index contributed by atoms with van der Waals surface area (Å²) in [5.74, 6) is -0.766. The normalized spacial score (nSPS) is 28.7. The van der Waals surface area contributed by atoms with E-state index in [0.717, 1.165) is 17.5 Å². The smallest absolute Gasteiger partial charge is 0.312 e. The first-order chi connectivity index (χ1) is 9.08. The van der Waals surface area contributed by atoms with Crippen LogP contribution in [0.2, 0.25) is 0 Å². The molecule has 0 radical (unpaired) electrons. The zero-order valence-corrected chi connectivity index (χ0v) is 10.9. The summed E-state index contributed by atoms with van der Waals surface area (Å²) in [6.07, 6.45) is 0.939. The summed E-state index contributed by atoms with van der Waals surface area (Å²) >= 11 is 0. The van der Waals surface area contributed by atoms with Crippen molar-refractivity contribution in [3.8, 4) is 0 Å². The van der Waals surface area contributed by atoms with Gasteiger partial charge in [-0.15, -0.1) is 0 Å². The fourth-order valence-electron chi connectivity index (χ4n) is 2.89. The van der Waals surface area contributed by atoms with Crippen LogP contribution in [0.15, 0.2) is 24.3 Å². The van der Waals surface area contributed by atoms with E-state index < -0.39 is 11.9 Å². The van der Waals surface area contributed by atoms with Gasteiger partial charge in [0.25, 0.3) is 0 Å². The molecule has 1 aromatic rings. The second kappa shape index (κ2) is 4.37. The number of carboxylic acid groups (broad SMARTS) is 1. The van der Waals surface area contributed by atoms with E-state index in [4.69, 9.17) is 0 Å². The number of nitrogens with zero attached hydrogens (tertiary/aromatic N) is 1. The molecule has 0 bridgehead atoms. The van der Waals surface area contributed by atoms with Gasteiger partial charge in [0.2, 0.25) is 5.91 Å². The Bertz CT molecular complexity index is 540. The lowest BCUT2D eigenvalue weighted by molar-refractivity contribution is -0.141. The molecule has 1 saturated carbocycles. The topological polar surface area (TPSA) is 57.6 Å². The van der Waals surface area contributed by atoms with E-state index in [9.17, 15) is 14.7 Å². The molecule has 4 nitrogen and oxygen atoms in total. The van der Waals surface area contributed by atoms with Crippen molar-refractivity contribution in [1.82, 2.24) is 4.90 Å². The Morgan fingerprint density at radius 1 is 1.32 bits per heavy atom. The van der Waals surface area contributed by atoms with Crippen LogP contribution in [0.1, 0.15) is 30.4 Å². The summed E-state index contributed by atoms with van der Waals surface area (Å²) in [7, 11) is 0. The molecule has 1 amide bonds. The zero-order chi connectivity index (χ0) is 13.6. The molecule has 100 valence electrons. The number of benzene rings is 1. The van der Waals surface area contributed by atoms with Crippen molar-refractivity contribution in [2.24, 2.45) is 11.8 Å². The first kappa shape index (κ1) is 12.2. The SMILES string of the molecule is CC1CC1C(=O)N1Cc2ccccc2C(C(=O)O)C1. The fraction of sp³-hybridized carbons (Fsp3) is 0.467. The Labute approximate surface area is 112 Å². The molecular weight excluding hydrogens is 242 g/mol. The van der Waals surface area contributed by atoms with Gasteiger partial charge in [-0.2, -0.15) is 0 Å². The lowest BCUT2D eigenvalue weighted by Gasteiger charge is -2.33. The van der Waals surface area contributed by atoms with Gasteiger partial charge < -0.3 is 10.0 Å². The maximum atomic E-state index is 12.3. The van der Waals surface area contributed by atoms with Gasteiger partial charge in [0.15, 0.2) is 0 Å². The molecule has 1 aliphatic carbocycles. The highest BCUT2D eigenvalue weighted by Gasteiger charge is 2.43. The molecule has 0 aromatic heterocycles. The van der Waals surface area contributed by atoms with Crippen molar-refractivity contribution in [2.45, 2.75) is 25.8 Å². The van der Waals surface area contributed by atoms with Gasteiger partial charge in [-0.25, -0.2) is 0 Å². The second-order valence-electron chi connectivity index (χ2n) is 5.63. The molecule has 3 atom stereocenters. The Morgan fingerprint density at radius 3 is 2.63 bits per heavy atom. The monoisotopic (exact) mass is 259 g/mol. The van der Waals surface area contributed by atoms with Crippen LogP contribution >= 0.6 is 0 Å². The summed E-state index contributed by atoms with van der Waals surface area (Å²) in [4.78, 5) is 25.4. The van der Waals surface area contributed by atoms with Crippen LogP contribution in [0.5, 0.6) is 0 Å². The van der Waals surface area contributed by atoms with Crippen LogP contribution < -0.4 is 0 Å². The molecule has 4 heteroatoms. The number of aliphatic carboxylic acids is 1. The van der Waals surface area contributed by atoms with Crippen molar-refractivity contribution in [2.75, 3.05) is 6.54 Å². The Hall–Kier alpha value is -1.84. The minimum Gasteiger partial charge on any atom is -0.481 e. The number of fused-ring (bicyclic) bond motifs is 1.